The zero-order valence-corrected chi connectivity index (χ0v) is 13.6. The highest BCUT2D eigenvalue weighted by Gasteiger charge is 2.20. The molecule has 2 aromatic rings. The maximum Gasteiger partial charge on any atom is 0.129 e. The maximum atomic E-state index is 6.71. The highest BCUT2D eigenvalue weighted by Crippen LogP contribution is 2.39. The van der Waals surface area contributed by atoms with Crippen molar-refractivity contribution in [2.45, 2.75) is 33.1 Å². The van der Waals surface area contributed by atoms with Gasteiger partial charge in [-0.1, -0.05) is 6.07 Å². The Kier molecular flexibility index (Phi) is 4.22. The molecule has 1 nitrogen and oxygen atoms in total. The summed E-state index contributed by atoms with van der Waals surface area (Å²) in [7, 11) is 1.68. The Morgan fingerprint density at radius 1 is 1.05 bits per heavy atom. The monoisotopic (exact) mass is 294 g/mol. The summed E-state index contributed by atoms with van der Waals surface area (Å²) in [5, 5.41) is 1.89. The lowest BCUT2D eigenvalue weighted by Crippen LogP contribution is -2.02. The Labute approximate surface area is 124 Å². The Bertz CT molecular complexity index is 575. The van der Waals surface area contributed by atoms with Crippen LogP contribution in [-0.4, -0.2) is 7.11 Å². The van der Waals surface area contributed by atoms with Crippen LogP contribution in [0.25, 0.3) is 0 Å². The topological polar surface area (TPSA) is 9.23 Å². The Balaban J connectivity index is 2.52. The summed E-state index contributed by atoms with van der Waals surface area (Å²) in [5.74, 6) is 0.880. The van der Waals surface area contributed by atoms with E-state index in [1.165, 1.54) is 27.8 Å². The summed E-state index contributed by atoms with van der Waals surface area (Å²) in [5.41, 5.74) is 6.41. The first-order valence-corrected chi connectivity index (χ1v) is 7.61. The lowest BCUT2D eigenvalue weighted by molar-refractivity contribution is 0.416. The van der Waals surface area contributed by atoms with E-state index >= 15 is 0 Å². The number of alkyl halides is 1. The number of hydrogen-bond acceptors (Lipinski definition) is 2. The van der Waals surface area contributed by atoms with Crippen molar-refractivity contribution in [1.29, 1.82) is 0 Å². The minimum absolute atomic E-state index is 0.104. The van der Waals surface area contributed by atoms with Crippen LogP contribution in [-0.2, 0) is 0 Å². The highest BCUT2D eigenvalue weighted by atomic mass is 35.5. The van der Waals surface area contributed by atoms with Gasteiger partial charge >= 0.3 is 0 Å². The number of aryl methyl sites for hydroxylation is 2. The van der Waals surface area contributed by atoms with Gasteiger partial charge in [-0.05, 0) is 61.6 Å². The van der Waals surface area contributed by atoms with Gasteiger partial charge in [0.25, 0.3) is 0 Å². The number of hydrogen-bond donors (Lipinski definition) is 0. The van der Waals surface area contributed by atoms with Crippen LogP contribution in [0.1, 0.15) is 38.1 Å². The lowest BCUT2D eigenvalue weighted by Gasteiger charge is -2.18. The predicted octanol–water partition coefficient (Wildman–Crippen LogP) is 5.32. The molecular formula is C16H19ClOS. The number of halogens is 1. The molecule has 2 rings (SSSR count). The van der Waals surface area contributed by atoms with Gasteiger partial charge in [-0.3, -0.25) is 0 Å². The normalized spacial score (nSPS) is 12.5. The summed E-state index contributed by atoms with van der Waals surface area (Å²) < 4.78 is 5.24. The van der Waals surface area contributed by atoms with Crippen LogP contribution in [0.2, 0.25) is 0 Å². The molecule has 0 spiro atoms. The van der Waals surface area contributed by atoms with Gasteiger partial charge in [0.15, 0.2) is 0 Å². The number of thiophene rings is 1. The van der Waals surface area contributed by atoms with E-state index in [9.17, 15) is 0 Å². The molecule has 0 saturated heterocycles. The summed E-state index contributed by atoms with van der Waals surface area (Å²) in [6.45, 7) is 8.59. The lowest BCUT2D eigenvalue weighted by atomic mass is 9.92. The van der Waals surface area contributed by atoms with Crippen LogP contribution in [0.15, 0.2) is 17.5 Å². The fraction of sp³-hybridized carbons (Fsp3) is 0.375. The third-order valence-electron chi connectivity index (χ3n) is 3.76. The van der Waals surface area contributed by atoms with Crippen molar-refractivity contribution in [3.05, 3.63) is 50.2 Å². The summed E-state index contributed by atoms with van der Waals surface area (Å²) in [4.78, 5) is 1.13. The van der Waals surface area contributed by atoms with Gasteiger partial charge < -0.3 is 4.74 Å². The molecule has 0 saturated carbocycles. The van der Waals surface area contributed by atoms with Crippen molar-refractivity contribution < 1.29 is 4.74 Å². The van der Waals surface area contributed by atoms with Gasteiger partial charge in [-0.15, -0.1) is 22.9 Å². The molecule has 0 aliphatic heterocycles. The molecule has 1 unspecified atom stereocenters. The Morgan fingerprint density at radius 3 is 2.11 bits per heavy atom. The van der Waals surface area contributed by atoms with E-state index in [1.54, 1.807) is 18.4 Å². The van der Waals surface area contributed by atoms with E-state index in [-0.39, 0.29) is 5.38 Å². The van der Waals surface area contributed by atoms with Gasteiger partial charge in [-0.2, -0.15) is 0 Å². The molecular weight excluding hydrogens is 276 g/mol. The van der Waals surface area contributed by atoms with E-state index in [0.29, 0.717) is 0 Å². The molecule has 0 radical (unpaired) electrons. The molecule has 1 aromatic heterocycles. The molecule has 0 aliphatic rings. The number of rotatable bonds is 3. The minimum atomic E-state index is -0.104. The molecule has 0 aliphatic carbocycles. The second-order valence-corrected chi connectivity index (χ2v) is 6.30. The molecule has 0 bridgehead atoms. The molecule has 0 amide bonds. The quantitative estimate of drug-likeness (QED) is 0.696. The zero-order chi connectivity index (χ0) is 14.2. The smallest absolute Gasteiger partial charge is 0.129 e. The van der Waals surface area contributed by atoms with Crippen molar-refractivity contribution in [3.8, 4) is 5.75 Å². The second kappa shape index (κ2) is 5.56. The average molecular weight is 295 g/mol. The van der Waals surface area contributed by atoms with E-state index in [4.69, 9.17) is 16.3 Å². The van der Waals surface area contributed by atoms with Crippen molar-refractivity contribution in [3.63, 3.8) is 0 Å². The van der Waals surface area contributed by atoms with Gasteiger partial charge in [0.05, 0.1) is 12.5 Å². The predicted molar refractivity (Wildman–Crippen MR) is 84.0 cm³/mol. The van der Waals surface area contributed by atoms with Crippen molar-refractivity contribution >= 4 is 22.9 Å². The number of ether oxygens (including phenoxy) is 1. The molecule has 102 valence electrons. The third kappa shape index (κ3) is 2.65. The molecule has 1 aromatic carbocycles. The molecule has 1 atom stereocenters. The standard InChI is InChI=1S/C16H19ClOS/c1-9-6-10(2)12(4)15(11(9)3)16(17)14-7-13(18-5)8-19-14/h6-8,16H,1-5H3. The number of methoxy groups -OCH3 is 1. The maximum absolute atomic E-state index is 6.71. The number of benzene rings is 1. The molecule has 3 heteroatoms. The van der Waals surface area contributed by atoms with E-state index in [1.807, 2.05) is 11.4 Å². The van der Waals surface area contributed by atoms with E-state index < -0.39 is 0 Å². The SMILES string of the molecule is COc1csc(C(Cl)c2c(C)c(C)cc(C)c2C)c1. The van der Waals surface area contributed by atoms with Crippen LogP contribution in [0, 0.1) is 27.7 Å². The second-order valence-electron chi connectivity index (χ2n) is 4.93. The first-order chi connectivity index (χ1) is 8.95. The molecule has 0 N–H and O–H groups in total. The van der Waals surface area contributed by atoms with Crippen LogP contribution < -0.4 is 4.74 Å². The Hall–Kier alpha value is -0.990. The fourth-order valence-corrected chi connectivity index (χ4v) is 3.73. The average Bonchev–Trinajstić information content (AvgIpc) is 2.85. The van der Waals surface area contributed by atoms with Gasteiger partial charge in [0, 0.05) is 10.3 Å². The Morgan fingerprint density at radius 2 is 1.63 bits per heavy atom. The van der Waals surface area contributed by atoms with Crippen LogP contribution in [0.4, 0.5) is 0 Å². The third-order valence-corrected chi connectivity index (χ3v) is 5.32. The summed E-state index contributed by atoms with van der Waals surface area (Å²) in [6.07, 6.45) is 0. The van der Waals surface area contributed by atoms with Gasteiger partial charge in [0.2, 0.25) is 0 Å². The molecule has 1 heterocycles. The van der Waals surface area contributed by atoms with Crippen LogP contribution in [0.3, 0.4) is 0 Å². The van der Waals surface area contributed by atoms with Gasteiger partial charge in [-0.25, -0.2) is 0 Å². The van der Waals surface area contributed by atoms with Crippen molar-refractivity contribution in [2.24, 2.45) is 0 Å². The van der Waals surface area contributed by atoms with E-state index in [0.717, 1.165) is 10.6 Å². The van der Waals surface area contributed by atoms with Crippen molar-refractivity contribution in [1.82, 2.24) is 0 Å². The van der Waals surface area contributed by atoms with Crippen LogP contribution >= 0.6 is 22.9 Å². The van der Waals surface area contributed by atoms with Crippen LogP contribution in [0.5, 0.6) is 5.75 Å². The largest absolute Gasteiger partial charge is 0.496 e. The summed E-state index contributed by atoms with van der Waals surface area (Å²) in [6, 6.07) is 4.26. The first-order valence-electron chi connectivity index (χ1n) is 6.29. The minimum Gasteiger partial charge on any atom is -0.496 e. The summed E-state index contributed by atoms with van der Waals surface area (Å²) >= 11 is 8.36. The van der Waals surface area contributed by atoms with Gasteiger partial charge in [0.1, 0.15) is 5.75 Å². The first kappa shape index (κ1) is 14.4. The molecule has 19 heavy (non-hydrogen) atoms. The fourth-order valence-electron chi connectivity index (χ4n) is 2.34. The van der Waals surface area contributed by atoms with Crippen molar-refractivity contribution in [2.75, 3.05) is 7.11 Å². The van der Waals surface area contributed by atoms with E-state index in [2.05, 4.69) is 33.8 Å². The zero-order valence-electron chi connectivity index (χ0n) is 12.0. The highest BCUT2D eigenvalue weighted by molar-refractivity contribution is 7.10. The molecule has 0 fully saturated rings.